The molecule has 3 rings (SSSR count). The molecule has 1 N–H and O–H groups in total. The molecular weight excluding hydrogens is 316 g/mol. The van der Waals surface area contributed by atoms with Crippen LogP contribution in [0.5, 0.6) is 0 Å². The molecule has 130 valence electrons. The first-order chi connectivity index (χ1) is 12.0. The largest absolute Gasteiger partial charge is 0.465 e. The molecule has 1 saturated heterocycles. The van der Waals surface area contributed by atoms with Gasteiger partial charge in [-0.1, -0.05) is 6.07 Å². The lowest BCUT2D eigenvalue weighted by Gasteiger charge is -2.18. The Kier molecular flexibility index (Phi) is 5.03. The van der Waals surface area contributed by atoms with Gasteiger partial charge in [0.2, 0.25) is 0 Å². The summed E-state index contributed by atoms with van der Waals surface area (Å²) in [6.45, 7) is 5.39. The number of nitrogens with zero attached hydrogens (tertiary/aromatic N) is 1. The van der Waals surface area contributed by atoms with Crippen molar-refractivity contribution < 1.29 is 14.0 Å². The fourth-order valence-corrected chi connectivity index (χ4v) is 2.83. The van der Waals surface area contributed by atoms with Crippen molar-refractivity contribution in [2.24, 2.45) is 0 Å². The second kappa shape index (κ2) is 7.38. The third kappa shape index (κ3) is 3.99. The summed E-state index contributed by atoms with van der Waals surface area (Å²) in [7, 11) is 0. The molecule has 1 fully saturated rings. The average Bonchev–Trinajstić information content (AvgIpc) is 3.29. The van der Waals surface area contributed by atoms with Gasteiger partial charge in [0.15, 0.2) is 0 Å². The van der Waals surface area contributed by atoms with Crippen molar-refractivity contribution in [3.05, 3.63) is 64.7 Å². The maximum absolute atomic E-state index is 12.8. The Morgan fingerprint density at radius 2 is 1.88 bits per heavy atom. The van der Waals surface area contributed by atoms with E-state index < -0.39 is 0 Å². The maximum Gasteiger partial charge on any atom is 0.270 e. The first kappa shape index (κ1) is 17.0. The number of carbonyl (C=O) groups is 2. The summed E-state index contributed by atoms with van der Waals surface area (Å²) in [6.07, 6.45) is 5.10. The molecule has 25 heavy (non-hydrogen) atoms. The summed E-state index contributed by atoms with van der Waals surface area (Å²) in [5.74, 6) is 0.0578. The standard InChI is InChI=1S/C20H22N2O3/c1-14-7-8-16(12-15(14)2)19(23)21-18(13-17-6-5-11-25-17)20(24)22-9-3-4-10-22/h5-8,11-13H,3-4,9-10H2,1-2H3,(H,21,23)/b18-13-. The lowest BCUT2D eigenvalue weighted by Crippen LogP contribution is -2.36. The van der Waals surface area contributed by atoms with Gasteiger partial charge >= 0.3 is 0 Å². The molecule has 1 aliphatic heterocycles. The van der Waals surface area contributed by atoms with Gasteiger partial charge in [-0.25, -0.2) is 0 Å². The number of carbonyl (C=O) groups excluding carboxylic acids is 2. The second-order valence-corrected chi connectivity index (χ2v) is 6.33. The zero-order valence-corrected chi connectivity index (χ0v) is 14.5. The molecule has 5 nitrogen and oxygen atoms in total. The highest BCUT2D eigenvalue weighted by Crippen LogP contribution is 2.15. The zero-order chi connectivity index (χ0) is 17.8. The van der Waals surface area contributed by atoms with Crippen LogP contribution in [0.1, 0.15) is 40.1 Å². The summed E-state index contributed by atoms with van der Waals surface area (Å²) < 4.78 is 5.30. The Hall–Kier alpha value is -2.82. The SMILES string of the molecule is Cc1ccc(C(=O)N/C(=C\c2ccco2)C(=O)N2CCCC2)cc1C. The summed E-state index contributed by atoms with van der Waals surface area (Å²) in [6, 6.07) is 8.99. The van der Waals surface area contributed by atoms with E-state index in [2.05, 4.69) is 5.32 Å². The number of aryl methyl sites for hydroxylation is 2. The van der Waals surface area contributed by atoms with E-state index in [0.717, 1.165) is 24.0 Å². The van der Waals surface area contributed by atoms with Gasteiger partial charge in [0.05, 0.1) is 6.26 Å². The van der Waals surface area contributed by atoms with Crippen LogP contribution in [0.25, 0.3) is 6.08 Å². The number of hydrogen-bond donors (Lipinski definition) is 1. The first-order valence-corrected chi connectivity index (χ1v) is 8.47. The number of hydrogen-bond acceptors (Lipinski definition) is 3. The van der Waals surface area contributed by atoms with Crippen LogP contribution in [0.15, 0.2) is 46.7 Å². The second-order valence-electron chi connectivity index (χ2n) is 6.33. The fraction of sp³-hybridized carbons (Fsp3) is 0.300. The molecule has 0 aliphatic carbocycles. The monoisotopic (exact) mass is 338 g/mol. The normalized spacial score (nSPS) is 14.6. The van der Waals surface area contributed by atoms with E-state index in [1.54, 1.807) is 29.2 Å². The number of likely N-dealkylation sites (tertiary alicyclic amines) is 1. The minimum atomic E-state index is -0.298. The molecule has 0 saturated carbocycles. The van der Waals surface area contributed by atoms with E-state index in [-0.39, 0.29) is 17.5 Å². The van der Waals surface area contributed by atoms with Crippen molar-refractivity contribution in [1.82, 2.24) is 10.2 Å². The third-order valence-corrected chi connectivity index (χ3v) is 4.47. The smallest absolute Gasteiger partial charge is 0.270 e. The molecule has 1 aromatic heterocycles. The van der Waals surface area contributed by atoms with Gasteiger partial charge in [-0.3, -0.25) is 9.59 Å². The van der Waals surface area contributed by atoms with Crippen LogP contribution >= 0.6 is 0 Å². The molecular formula is C20H22N2O3. The van der Waals surface area contributed by atoms with E-state index in [4.69, 9.17) is 4.42 Å². The van der Waals surface area contributed by atoms with Gasteiger partial charge in [0.25, 0.3) is 11.8 Å². The molecule has 0 bridgehead atoms. The predicted molar refractivity (Wildman–Crippen MR) is 95.9 cm³/mol. The Balaban J connectivity index is 1.85. The molecule has 0 spiro atoms. The van der Waals surface area contributed by atoms with Crippen LogP contribution in [-0.4, -0.2) is 29.8 Å². The van der Waals surface area contributed by atoms with Crippen LogP contribution in [0.3, 0.4) is 0 Å². The predicted octanol–water partition coefficient (Wildman–Crippen LogP) is 3.29. The molecule has 0 unspecified atom stereocenters. The number of rotatable bonds is 4. The number of amides is 2. The molecule has 2 heterocycles. The van der Waals surface area contributed by atoms with E-state index in [9.17, 15) is 9.59 Å². The van der Waals surface area contributed by atoms with Crippen molar-refractivity contribution in [2.45, 2.75) is 26.7 Å². The van der Waals surface area contributed by atoms with Crippen LogP contribution < -0.4 is 5.32 Å². The Morgan fingerprint density at radius 1 is 1.12 bits per heavy atom. The van der Waals surface area contributed by atoms with E-state index in [1.165, 1.54) is 6.26 Å². The molecule has 0 radical (unpaired) electrons. The van der Waals surface area contributed by atoms with E-state index in [1.807, 2.05) is 26.0 Å². The lowest BCUT2D eigenvalue weighted by atomic mass is 10.1. The number of nitrogens with one attached hydrogen (secondary N) is 1. The van der Waals surface area contributed by atoms with Crippen LogP contribution in [-0.2, 0) is 4.79 Å². The average molecular weight is 338 g/mol. The maximum atomic E-state index is 12.8. The van der Waals surface area contributed by atoms with E-state index in [0.29, 0.717) is 24.4 Å². The zero-order valence-electron chi connectivity index (χ0n) is 14.5. The number of benzene rings is 1. The van der Waals surface area contributed by atoms with Crippen LogP contribution in [0.2, 0.25) is 0 Å². The highest BCUT2D eigenvalue weighted by Gasteiger charge is 2.23. The Morgan fingerprint density at radius 3 is 2.52 bits per heavy atom. The van der Waals surface area contributed by atoms with Gasteiger partial charge in [-0.15, -0.1) is 0 Å². The summed E-state index contributed by atoms with van der Waals surface area (Å²) >= 11 is 0. The quantitative estimate of drug-likeness (QED) is 0.870. The summed E-state index contributed by atoms with van der Waals surface area (Å²) in [4.78, 5) is 27.1. The highest BCUT2D eigenvalue weighted by atomic mass is 16.3. The fourth-order valence-electron chi connectivity index (χ4n) is 2.83. The van der Waals surface area contributed by atoms with Crippen LogP contribution in [0, 0.1) is 13.8 Å². The molecule has 0 atom stereocenters. The van der Waals surface area contributed by atoms with Crippen molar-refractivity contribution >= 4 is 17.9 Å². The molecule has 2 aromatic rings. The van der Waals surface area contributed by atoms with Gasteiger partial charge in [0, 0.05) is 24.7 Å². The molecule has 1 aliphatic rings. The minimum absolute atomic E-state index is 0.175. The first-order valence-electron chi connectivity index (χ1n) is 8.47. The Bertz CT molecular complexity index is 800. The molecule has 2 amide bonds. The third-order valence-electron chi connectivity index (χ3n) is 4.47. The van der Waals surface area contributed by atoms with Gasteiger partial charge in [0.1, 0.15) is 11.5 Å². The van der Waals surface area contributed by atoms with Crippen molar-refractivity contribution in [1.29, 1.82) is 0 Å². The molecule has 5 heteroatoms. The highest BCUT2D eigenvalue weighted by molar-refractivity contribution is 6.05. The summed E-state index contributed by atoms with van der Waals surface area (Å²) in [5.41, 5.74) is 2.92. The minimum Gasteiger partial charge on any atom is -0.465 e. The topological polar surface area (TPSA) is 62.6 Å². The Labute approximate surface area is 147 Å². The van der Waals surface area contributed by atoms with Gasteiger partial charge in [-0.05, 0) is 62.1 Å². The molecule has 1 aromatic carbocycles. The van der Waals surface area contributed by atoms with E-state index >= 15 is 0 Å². The number of furan rings is 1. The van der Waals surface area contributed by atoms with Crippen molar-refractivity contribution in [2.75, 3.05) is 13.1 Å². The van der Waals surface area contributed by atoms with Gasteiger partial charge in [-0.2, -0.15) is 0 Å². The lowest BCUT2D eigenvalue weighted by molar-refractivity contribution is -0.126. The van der Waals surface area contributed by atoms with Crippen molar-refractivity contribution in [3.63, 3.8) is 0 Å². The van der Waals surface area contributed by atoms with Crippen molar-refractivity contribution in [3.8, 4) is 0 Å². The van der Waals surface area contributed by atoms with Gasteiger partial charge < -0.3 is 14.6 Å². The van der Waals surface area contributed by atoms with Crippen LogP contribution in [0.4, 0.5) is 0 Å². The summed E-state index contributed by atoms with van der Waals surface area (Å²) in [5, 5.41) is 2.77.